The monoisotopic (exact) mass is 304 g/mol. The predicted octanol–water partition coefficient (Wildman–Crippen LogP) is 1.62. The van der Waals surface area contributed by atoms with Gasteiger partial charge < -0.3 is 15.2 Å². The van der Waals surface area contributed by atoms with Crippen LogP contribution in [0, 0.1) is 5.92 Å². The first-order valence-electron chi connectivity index (χ1n) is 8.08. The molecule has 1 atom stereocenters. The second-order valence-corrected chi connectivity index (χ2v) is 6.23. The third-order valence-corrected chi connectivity index (χ3v) is 4.64. The fraction of sp³-hybridized carbons (Fsp3) is 0.588. The van der Waals surface area contributed by atoms with Crippen LogP contribution in [0.5, 0.6) is 0 Å². The Morgan fingerprint density at radius 3 is 3.00 bits per heavy atom. The number of carbonyl (C=O) groups excluding carboxylic acids is 1. The number of nitrogens with zero attached hydrogens (tertiary/aromatic N) is 1. The number of hydrogen-bond donors (Lipinski definition) is 2. The Balaban J connectivity index is 1.62. The lowest BCUT2D eigenvalue weighted by Crippen LogP contribution is -2.53. The van der Waals surface area contributed by atoms with Crippen LogP contribution in [0.1, 0.15) is 24.8 Å². The molecule has 2 N–H and O–H groups in total. The lowest BCUT2D eigenvalue weighted by Gasteiger charge is -2.39. The van der Waals surface area contributed by atoms with Crippen LogP contribution in [0.3, 0.4) is 0 Å². The summed E-state index contributed by atoms with van der Waals surface area (Å²) in [5.74, 6) is 0.722. The fourth-order valence-corrected chi connectivity index (χ4v) is 3.08. The van der Waals surface area contributed by atoms with Gasteiger partial charge in [-0.25, -0.2) is 0 Å². The number of hydrogen-bond acceptors (Lipinski definition) is 4. The molecule has 0 unspecified atom stereocenters. The third kappa shape index (κ3) is 3.66. The summed E-state index contributed by atoms with van der Waals surface area (Å²) in [6.45, 7) is 2.96. The summed E-state index contributed by atoms with van der Waals surface area (Å²) in [6, 6.07) is 7.11. The van der Waals surface area contributed by atoms with Gasteiger partial charge in [0.2, 0.25) is 5.91 Å². The van der Waals surface area contributed by atoms with E-state index in [0.717, 1.165) is 30.3 Å². The van der Waals surface area contributed by atoms with Crippen molar-refractivity contribution in [2.24, 2.45) is 5.92 Å². The van der Waals surface area contributed by atoms with Gasteiger partial charge in [0, 0.05) is 18.8 Å². The van der Waals surface area contributed by atoms with Crippen LogP contribution in [-0.2, 0) is 16.1 Å². The molecule has 1 heterocycles. The molecule has 1 aliphatic carbocycles. The van der Waals surface area contributed by atoms with Gasteiger partial charge in [-0.05, 0) is 36.5 Å². The van der Waals surface area contributed by atoms with E-state index in [-0.39, 0.29) is 18.6 Å². The van der Waals surface area contributed by atoms with E-state index in [9.17, 15) is 9.90 Å². The van der Waals surface area contributed by atoms with E-state index < -0.39 is 0 Å². The molecule has 1 aromatic carbocycles. The van der Waals surface area contributed by atoms with E-state index in [0.29, 0.717) is 13.2 Å². The number of carbonyl (C=O) groups is 1. The zero-order valence-electron chi connectivity index (χ0n) is 12.8. The molecular formula is C17H24N2O3. The Morgan fingerprint density at radius 2 is 2.27 bits per heavy atom. The topological polar surface area (TPSA) is 61.8 Å². The van der Waals surface area contributed by atoms with Crippen LogP contribution < -0.4 is 5.32 Å². The summed E-state index contributed by atoms with van der Waals surface area (Å²) >= 11 is 0. The number of aliphatic hydroxyl groups excluding tert-OH is 1. The maximum atomic E-state index is 12.6. The smallest absolute Gasteiger partial charge is 0.244 e. The number of ether oxygens (including phenoxy) is 1. The zero-order valence-corrected chi connectivity index (χ0v) is 12.8. The van der Waals surface area contributed by atoms with Gasteiger partial charge in [0.1, 0.15) is 6.04 Å². The van der Waals surface area contributed by atoms with Gasteiger partial charge in [-0.3, -0.25) is 9.69 Å². The molecule has 0 aromatic heterocycles. The second kappa shape index (κ2) is 7.22. The number of morpholine rings is 1. The van der Waals surface area contributed by atoms with Gasteiger partial charge in [-0.1, -0.05) is 18.6 Å². The lowest BCUT2D eigenvalue weighted by atomic mass is 9.84. The van der Waals surface area contributed by atoms with Crippen molar-refractivity contribution in [2.45, 2.75) is 31.9 Å². The van der Waals surface area contributed by atoms with Gasteiger partial charge in [-0.2, -0.15) is 0 Å². The molecule has 5 heteroatoms. The fourth-order valence-electron chi connectivity index (χ4n) is 3.08. The van der Waals surface area contributed by atoms with E-state index in [2.05, 4.69) is 10.2 Å². The molecule has 1 aliphatic heterocycles. The number of rotatable bonds is 5. The highest BCUT2D eigenvalue weighted by atomic mass is 16.5. The minimum Gasteiger partial charge on any atom is -0.392 e. The van der Waals surface area contributed by atoms with Crippen LogP contribution in [0.25, 0.3) is 0 Å². The van der Waals surface area contributed by atoms with E-state index in [1.54, 1.807) is 6.07 Å². The summed E-state index contributed by atoms with van der Waals surface area (Å²) in [5, 5.41) is 12.1. The molecule has 0 bridgehead atoms. The maximum absolute atomic E-state index is 12.6. The first kappa shape index (κ1) is 15.5. The highest BCUT2D eigenvalue weighted by Gasteiger charge is 2.32. The van der Waals surface area contributed by atoms with Crippen molar-refractivity contribution in [2.75, 3.05) is 31.6 Å². The minimum absolute atomic E-state index is 0.0193. The standard InChI is InChI=1S/C17H24N2O3/c20-11-14-5-2-6-15(9-14)18-17(21)16-12-22-8-7-19(16)10-13-3-1-4-13/h2,5-6,9,13,16,20H,1,3-4,7-8,10-12H2,(H,18,21)/t16-/m0/s1. The van der Waals surface area contributed by atoms with Crippen molar-refractivity contribution >= 4 is 11.6 Å². The van der Waals surface area contributed by atoms with Crippen molar-refractivity contribution in [1.29, 1.82) is 0 Å². The van der Waals surface area contributed by atoms with Crippen LogP contribution in [0.15, 0.2) is 24.3 Å². The Hall–Kier alpha value is -1.43. The Bertz CT molecular complexity index is 516. The normalized spacial score (nSPS) is 23.0. The number of aliphatic hydroxyl groups is 1. The number of nitrogens with one attached hydrogen (secondary N) is 1. The van der Waals surface area contributed by atoms with E-state index in [1.807, 2.05) is 18.2 Å². The summed E-state index contributed by atoms with van der Waals surface area (Å²) in [4.78, 5) is 14.8. The van der Waals surface area contributed by atoms with Gasteiger partial charge in [-0.15, -0.1) is 0 Å². The van der Waals surface area contributed by atoms with Crippen molar-refractivity contribution in [3.8, 4) is 0 Å². The van der Waals surface area contributed by atoms with Gasteiger partial charge in [0.15, 0.2) is 0 Å². The second-order valence-electron chi connectivity index (χ2n) is 6.23. The molecule has 22 heavy (non-hydrogen) atoms. The summed E-state index contributed by atoms with van der Waals surface area (Å²) in [6.07, 6.45) is 3.88. The highest BCUT2D eigenvalue weighted by Crippen LogP contribution is 2.28. The van der Waals surface area contributed by atoms with Crippen LogP contribution in [0.2, 0.25) is 0 Å². The van der Waals surface area contributed by atoms with E-state index in [4.69, 9.17) is 4.74 Å². The van der Waals surface area contributed by atoms with Crippen LogP contribution in [-0.4, -0.2) is 48.3 Å². The van der Waals surface area contributed by atoms with Gasteiger partial charge >= 0.3 is 0 Å². The summed E-state index contributed by atoms with van der Waals surface area (Å²) in [7, 11) is 0. The van der Waals surface area contributed by atoms with E-state index in [1.165, 1.54) is 19.3 Å². The van der Waals surface area contributed by atoms with Crippen molar-refractivity contribution < 1.29 is 14.6 Å². The molecule has 0 radical (unpaired) electrons. The molecule has 1 saturated carbocycles. The Labute approximate surface area is 131 Å². The average Bonchev–Trinajstić information content (AvgIpc) is 2.51. The molecule has 2 aliphatic rings. The lowest BCUT2D eigenvalue weighted by molar-refractivity contribution is -0.128. The third-order valence-electron chi connectivity index (χ3n) is 4.64. The average molecular weight is 304 g/mol. The molecule has 1 saturated heterocycles. The number of benzene rings is 1. The molecule has 1 amide bonds. The Morgan fingerprint density at radius 1 is 1.41 bits per heavy atom. The molecule has 1 aromatic rings. The quantitative estimate of drug-likeness (QED) is 0.868. The molecule has 2 fully saturated rings. The predicted molar refractivity (Wildman–Crippen MR) is 84.5 cm³/mol. The largest absolute Gasteiger partial charge is 0.392 e. The first-order chi connectivity index (χ1) is 10.8. The zero-order chi connectivity index (χ0) is 15.4. The van der Waals surface area contributed by atoms with Crippen molar-refractivity contribution in [3.05, 3.63) is 29.8 Å². The molecule has 120 valence electrons. The molecule has 3 rings (SSSR count). The van der Waals surface area contributed by atoms with Crippen LogP contribution >= 0.6 is 0 Å². The molecular weight excluding hydrogens is 280 g/mol. The minimum atomic E-state index is -0.216. The Kier molecular flexibility index (Phi) is 5.08. The first-order valence-corrected chi connectivity index (χ1v) is 8.08. The maximum Gasteiger partial charge on any atom is 0.244 e. The van der Waals surface area contributed by atoms with Crippen molar-refractivity contribution in [1.82, 2.24) is 4.90 Å². The van der Waals surface area contributed by atoms with Crippen molar-refractivity contribution in [3.63, 3.8) is 0 Å². The van der Waals surface area contributed by atoms with E-state index >= 15 is 0 Å². The highest BCUT2D eigenvalue weighted by molar-refractivity contribution is 5.95. The molecule has 5 nitrogen and oxygen atoms in total. The number of amides is 1. The van der Waals surface area contributed by atoms with Crippen LogP contribution in [0.4, 0.5) is 5.69 Å². The SMILES string of the molecule is O=C(Nc1cccc(CO)c1)[C@@H]1COCCN1CC1CCC1. The summed E-state index contributed by atoms with van der Waals surface area (Å²) in [5.41, 5.74) is 1.52. The van der Waals surface area contributed by atoms with Gasteiger partial charge in [0.05, 0.1) is 19.8 Å². The summed E-state index contributed by atoms with van der Waals surface area (Å²) < 4.78 is 5.51. The number of anilines is 1. The molecule has 0 spiro atoms. The van der Waals surface area contributed by atoms with Gasteiger partial charge in [0.25, 0.3) is 0 Å².